The van der Waals surface area contributed by atoms with Gasteiger partial charge in [-0.25, -0.2) is 9.59 Å². The zero-order valence-corrected chi connectivity index (χ0v) is 25.1. The zero-order valence-electron chi connectivity index (χ0n) is 20.4. The molecule has 0 aliphatic carbocycles. The number of hydrogen-bond donors (Lipinski definition) is 3. The van der Waals surface area contributed by atoms with Crippen molar-refractivity contribution in [1.82, 2.24) is 10.6 Å². The first-order valence-corrected chi connectivity index (χ1v) is 10.8. The summed E-state index contributed by atoms with van der Waals surface area (Å²) in [7, 11) is 0. The van der Waals surface area contributed by atoms with Gasteiger partial charge in [-0.05, 0) is 57.7 Å². The molecule has 0 heterocycles. The van der Waals surface area contributed by atoms with Crippen LogP contribution >= 0.6 is 0 Å². The van der Waals surface area contributed by atoms with Gasteiger partial charge in [0.2, 0.25) is 0 Å². The molecular formula is C23H36AcN2O7. The molecule has 0 bridgehead atoms. The Morgan fingerprint density at radius 3 is 2.39 bits per heavy atom. The molecule has 33 heavy (non-hydrogen) atoms. The molecule has 1 atom stereocenters. The van der Waals surface area contributed by atoms with Crippen LogP contribution in [0.5, 0.6) is 5.75 Å². The zero-order chi connectivity index (χ0) is 24.3. The summed E-state index contributed by atoms with van der Waals surface area (Å²) in [5, 5.41) is 15.2. The standard InChI is InChI=1S/C23H36N2O7.Ac/c1-7-30-11-10-24-20(27)17-13-16(8-9-19(17)26)14-31-22(29)25-18(12-15(2)3)21(28)32-23(4,5)6;/h8-9,13,15,18,26H,7,10-12,14H2,1-6H3,(H,24,27)(H,25,29);. The summed E-state index contributed by atoms with van der Waals surface area (Å²) in [6, 6.07) is 3.50. The third kappa shape index (κ3) is 13.2. The van der Waals surface area contributed by atoms with E-state index in [1.165, 1.54) is 12.1 Å². The Kier molecular flexibility index (Phi) is 14.9. The van der Waals surface area contributed by atoms with Gasteiger partial charge < -0.3 is 30.0 Å². The average molecular weight is 680 g/mol. The maximum Gasteiger partial charge on any atom is 0.408 e. The van der Waals surface area contributed by atoms with E-state index < -0.39 is 29.6 Å². The van der Waals surface area contributed by atoms with E-state index in [0.29, 0.717) is 31.7 Å². The molecule has 0 saturated carbocycles. The number of amides is 2. The maximum absolute atomic E-state index is 12.4. The Hall–Kier alpha value is -1.37. The first-order valence-electron chi connectivity index (χ1n) is 10.8. The van der Waals surface area contributed by atoms with Crippen LogP contribution in [0.15, 0.2) is 18.2 Å². The van der Waals surface area contributed by atoms with Crippen molar-refractivity contribution in [3.63, 3.8) is 0 Å². The number of alkyl carbamates (subject to hydrolysis) is 1. The third-order valence-corrected chi connectivity index (χ3v) is 4.10. The predicted octanol–water partition coefficient (Wildman–Crippen LogP) is 3.14. The number of carbonyl (C=O) groups excluding carboxylic acids is 3. The Labute approximate surface area is 231 Å². The molecule has 9 nitrogen and oxygen atoms in total. The number of benzene rings is 1. The Morgan fingerprint density at radius 2 is 1.82 bits per heavy atom. The predicted molar refractivity (Wildman–Crippen MR) is 119 cm³/mol. The fourth-order valence-electron chi connectivity index (χ4n) is 2.72. The molecule has 0 aliphatic rings. The quantitative estimate of drug-likeness (QED) is 0.243. The number of ether oxygens (including phenoxy) is 3. The van der Waals surface area contributed by atoms with Crippen molar-refractivity contribution in [3.05, 3.63) is 29.3 Å². The Bertz CT molecular complexity index is 779. The Balaban J connectivity index is 0.0000102. The van der Waals surface area contributed by atoms with E-state index in [-0.39, 0.29) is 67.9 Å². The van der Waals surface area contributed by atoms with Crippen molar-refractivity contribution in [3.8, 4) is 5.75 Å². The van der Waals surface area contributed by atoms with Gasteiger partial charge in [0.05, 0.1) is 12.2 Å². The van der Waals surface area contributed by atoms with Crippen LogP contribution in [0.2, 0.25) is 0 Å². The van der Waals surface area contributed by atoms with Crippen molar-refractivity contribution in [2.45, 2.75) is 66.2 Å². The van der Waals surface area contributed by atoms with E-state index in [0.717, 1.165) is 0 Å². The molecule has 0 spiro atoms. The molecule has 1 rings (SSSR count). The van der Waals surface area contributed by atoms with E-state index in [2.05, 4.69) is 10.6 Å². The first-order chi connectivity index (χ1) is 14.9. The van der Waals surface area contributed by atoms with Gasteiger partial charge >= 0.3 is 12.1 Å². The molecule has 0 fully saturated rings. The van der Waals surface area contributed by atoms with Gasteiger partial charge in [0.15, 0.2) is 0 Å². The normalized spacial score (nSPS) is 11.8. The Morgan fingerprint density at radius 1 is 1.15 bits per heavy atom. The molecule has 2 amide bonds. The maximum atomic E-state index is 12.4. The number of carbonyl (C=O) groups is 3. The summed E-state index contributed by atoms with van der Waals surface area (Å²) in [4.78, 5) is 37.0. The van der Waals surface area contributed by atoms with Crippen molar-refractivity contribution >= 4 is 18.0 Å². The van der Waals surface area contributed by atoms with Gasteiger partial charge in [0, 0.05) is 57.2 Å². The largest absolute Gasteiger partial charge is 0.507 e. The van der Waals surface area contributed by atoms with E-state index in [4.69, 9.17) is 14.2 Å². The van der Waals surface area contributed by atoms with Crippen LogP contribution in [0, 0.1) is 50.0 Å². The van der Waals surface area contributed by atoms with E-state index in [9.17, 15) is 19.5 Å². The molecule has 1 unspecified atom stereocenters. The minimum Gasteiger partial charge on any atom is -0.507 e. The number of phenolic OH excluding ortho intramolecular Hbond substituents is 1. The summed E-state index contributed by atoms with van der Waals surface area (Å²) >= 11 is 0. The van der Waals surface area contributed by atoms with Gasteiger partial charge in [-0.15, -0.1) is 0 Å². The minimum atomic E-state index is -0.840. The van der Waals surface area contributed by atoms with Crippen LogP contribution in [0.4, 0.5) is 4.79 Å². The topological polar surface area (TPSA) is 123 Å². The van der Waals surface area contributed by atoms with Crippen LogP contribution in [0.25, 0.3) is 0 Å². The number of aromatic hydroxyl groups is 1. The summed E-state index contributed by atoms with van der Waals surface area (Å²) in [5.74, 6) is -1.03. The molecule has 1 aromatic carbocycles. The minimum absolute atomic E-state index is 0. The second-order valence-corrected chi connectivity index (χ2v) is 8.74. The van der Waals surface area contributed by atoms with E-state index in [1.807, 2.05) is 20.8 Å². The van der Waals surface area contributed by atoms with Crippen molar-refractivity contribution < 1.29 is 77.8 Å². The molecular weight excluding hydrogens is 643 g/mol. The van der Waals surface area contributed by atoms with Crippen LogP contribution in [-0.4, -0.2) is 54.5 Å². The number of phenols is 1. The number of rotatable bonds is 11. The second kappa shape index (κ2) is 15.5. The van der Waals surface area contributed by atoms with Gasteiger partial charge in [0.1, 0.15) is 24.0 Å². The first kappa shape index (κ1) is 31.6. The fraction of sp³-hybridized carbons (Fsp3) is 0.609. The molecule has 1 radical (unpaired) electrons. The van der Waals surface area contributed by atoms with E-state index >= 15 is 0 Å². The average Bonchev–Trinajstić information content (AvgIpc) is 2.68. The summed E-state index contributed by atoms with van der Waals surface area (Å²) < 4.78 is 15.8. The molecule has 0 aromatic heterocycles. The van der Waals surface area contributed by atoms with Crippen LogP contribution in [0.3, 0.4) is 0 Å². The molecule has 3 N–H and O–H groups in total. The van der Waals surface area contributed by atoms with Crippen molar-refractivity contribution in [2.75, 3.05) is 19.8 Å². The molecule has 183 valence electrons. The number of hydrogen-bond acceptors (Lipinski definition) is 7. The summed E-state index contributed by atoms with van der Waals surface area (Å²) in [5.41, 5.74) is -0.108. The monoisotopic (exact) mass is 679 g/mol. The SMILES string of the molecule is CCOCCNC(=O)c1cc(COC(=O)NC(CC(C)C)C(=O)OC(C)(C)C)ccc1O.[Ac]. The van der Waals surface area contributed by atoms with Gasteiger partial charge in [-0.2, -0.15) is 0 Å². The van der Waals surface area contributed by atoms with E-state index in [1.54, 1.807) is 26.8 Å². The molecule has 1 aromatic rings. The van der Waals surface area contributed by atoms with Gasteiger partial charge in [0.25, 0.3) is 5.91 Å². The van der Waals surface area contributed by atoms with Crippen molar-refractivity contribution in [1.29, 1.82) is 0 Å². The summed E-state index contributed by atoms with van der Waals surface area (Å²) in [6.45, 7) is 12.0. The van der Waals surface area contributed by atoms with Crippen LogP contribution in [-0.2, 0) is 25.6 Å². The van der Waals surface area contributed by atoms with Crippen LogP contribution in [0.1, 0.15) is 63.9 Å². The third-order valence-electron chi connectivity index (χ3n) is 4.10. The number of esters is 1. The fourth-order valence-corrected chi connectivity index (χ4v) is 2.72. The van der Waals surface area contributed by atoms with Gasteiger partial charge in [-0.1, -0.05) is 19.9 Å². The summed E-state index contributed by atoms with van der Waals surface area (Å²) in [6.07, 6.45) is -0.382. The molecule has 0 aliphatic heterocycles. The molecule has 0 saturated heterocycles. The van der Waals surface area contributed by atoms with Crippen molar-refractivity contribution in [2.24, 2.45) is 5.92 Å². The number of nitrogens with one attached hydrogen (secondary N) is 2. The van der Waals surface area contributed by atoms with Crippen LogP contribution < -0.4 is 10.6 Å². The molecule has 10 heteroatoms. The second-order valence-electron chi connectivity index (χ2n) is 8.74. The van der Waals surface area contributed by atoms with Gasteiger partial charge in [-0.3, -0.25) is 4.79 Å². The smallest absolute Gasteiger partial charge is 0.408 e.